The van der Waals surface area contributed by atoms with Gasteiger partial charge >= 0.3 is 0 Å². The van der Waals surface area contributed by atoms with E-state index in [0.717, 1.165) is 0 Å². The fraction of sp³-hybridized carbons (Fsp3) is 0.417. The number of nitro groups is 1. The molecule has 7 nitrogen and oxygen atoms in total. The first-order chi connectivity index (χ1) is 8.97. The van der Waals surface area contributed by atoms with E-state index in [2.05, 4.69) is 5.32 Å². The minimum absolute atomic E-state index is 0.0696. The number of benzene rings is 1. The van der Waals surface area contributed by atoms with E-state index in [1.165, 1.54) is 18.2 Å². The third-order valence-corrected chi connectivity index (χ3v) is 2.76. The van der Waals surface area contributed by atoms with Crippen LogP contribution in [-0.2, 0) is 0 Å². The highest BCUT2D eigenvalue weighted by molar-refractivity contribution is 6.00. The summed E-state index contributed by atoms with van der Waals surface area (Å²) in [5.74, 6) is -0.482. The van der Waals surface area contributed by atoms with Gasteiger partial charge in [0.05, 0.1) is 16.6 Å². The van der Waals surface area contributed by atoms with Crippen LogP contribution in [0.3, 0.4) is 0 Å². The van der Waals surface area contributed by atoms with Gasteiger partial charge in [0.15, 0.2) is 0 Å². The van der Waals surface area contributed by atoms with E-state index >= 15 is 0 Å². The zero-order valence-electron chi connectivity index (χ0n) is 10.6. The fourth-order valence-electron chi connectivity index (χ4n) is 1.56. The van der Waals surface area contributed by atoms with E-state index < -0.39 is 16.9 Å². The van der Waals surface area contributed by atoms with Crippen LogP contribution in [0.1, 0.15) is 30.1 Å². The summed E-state index contributed by atoms with van der Waals surface area (Å²) in [6.45, 7) is 2.13. The zero-order chi connectivity index (χ0) is 14.4. The minimum Gasteiger partial charge on any atom is -0.393 e. The highest BCUT2D eigenvalue weighted by atomic mass is 16.6. The lowest BCUT2D eigenvalue weighted by molar-refractivity contribution is -0.383. The van der Waals surface area contributed by atoms with Crippen molar-refractivity contribution < 1.29 is 14.8 Å². The number of nitrogens with two attached hydrogens (primary N) is 1. The summed E-state index contributed by atoms with van der Waals surface area (Å²) in [4.78, 5) is 21.9. The summed E-state index contributed by atoms with van der Waals surface area (Å²) >= 11 is 0. The number of aliphatic hydroxyl groups is 1. The summed E-state index contributed by atoms with van der Waals surface area (Å²) < 4.78 is 0. The van der Waals surface area contributed by atoms with Crippen LogP contribution in [0, 0.1) is 10.1 Å². The molecule has 1 aromatic rings. The minimum atomic E-state index is -0.632. The molecule has 0 saturated heterocycles. The van der Waals surface area contributed by atoms with Crippen LogP contribution >= 0.6 is 0 Å². The van der Waals surface area contributed by atoms with Crippen molar-refractivity contribution in [3.63, 3.8) is 0 Å². The number of amides is 1. The maximum atomic E-state index is 11.8. The predicted molar refractivity (Wildman–Crippen MR) is 70.8 cm³/mol. The lowest BCUT2D eigenvalue weighted by Crippen LogP contribution is -2.27. The molecule has 1 atom stereocenters. The first-order valence-electron chi connectivity index (χ1n) is 5.96. The van der Waals surface area contributed by atoms with E-state index in [4.69, 9.17) is 5.73 Å². The molecular weight excluding hydrogens is 250 g/mol. The second-order valence-corrected chi connectivity index (χ2v) is 4.10. The van der Waals surface area contributed by atoms with Crippen molar-refractivity contribution in [1.29, 1.82) is 0 Å². The lowest BCUT2D eigenvalue weighted by atomic mass is 10.1. The largest absolute Gasteiger partial charge is 0.393 e. The van der Waals surface area contributed by atoms with Crippen molar-refractivity contribution in [3.8, 4) is 0 Å². The van der Waals surface area contributed by atoms with Gasteiger partial charge in [0.1, 0.15) is 5.69 Å². The molecular formula is C12H17N3O4. The van der Waals surface area contributed by atoms with E-state index in [1.54, 1.807) is 0 Å². The summed E-state index contributed by atoms with van der Waals surface area (Å²) in [6, 6.07) is 4.07. The number of nitrogens with one attached hydrogen (secondary N) is 1. The van der Waals surface area contributed by atoms with Gasteiger partial charge in [-0.2, -0.15) is 0 Å². The first kappa shape index (κ1) is 14.9. The molecule has 0 aliphatic carbocycles. The SMILES string of the molecule is CCC(O)CCNC(=O)c1cccc([N+](=O)[O-])c1N. The Balaban J connectivity index is 2.72. The Kier molecular flexibility index (Phi) is 5.25. The van der Waals surface area contributed by atoms with Gasteiger partial charge in [-0.05, 0) is 18.9 Å². The highest BCUT2D eigenvalue weighted by Gasteiger charge is 2.18. The van der Waals surface area contributed by atoms with Crippen LogP contribution in [0.2, 0.25) is 0 Å². The number of carbonyl (C=O) groups is 1. The Morgan fingerprint density at radius 1 is 1.58 bits per heavy atom. The summed E-state index contributed by atoms with van der Waals surface area (Å²) in [5.41, 5.74) is 5.22. The van der Waals surface area contributed by atoms with Crippen molar-refractivity contribution >= 4 is 17.3 Å². The summed E-state index contributed by atoms with van der Waals surface area (Å²) in [7, 11) is 0. The average molecular weight is 267 g/mol. The van der Waals surface area contributed by atoms with Gasteiger partial charge in [0, 0.05) is 12.6 Å². The van der Waals surface area contributed by atoms with Gasteiger partial charge in [0.2, 0.25) is 0 Å². The monoisotopic (exact) mass is 267 g/mol. The van der Waals surface area contributed by atoms with Crippen molar-refractivity contribution in [1.82, 2.24) is 5.32 Å². The predicted octanol–water partition coefficient (Wildman–Crippen LogP) is 1.07. The van der Waals surface area contributed by atoms with E-state index in [1.807, 2.05) is 6.92 Å². The number of rotatable bonds is 6. The molecule has 0 aliphatic heterocycles. The molecule has 0 spiro atoms. The molecule has 1 amide bonds. The molecule has 0 saturated carbocycles. The van der Waals surface area contributed by atoms with Gasteiger partial charge < -0.3 is 16.2 Å². The Morgan fingerprint density at radius 3 is 2.84 bits per heavy atom. The lowest BCUT2D eigenvalue weighted by Gasteiger charge is -2.10. The number of hydrogen-bond donors (Lipinski definition) is 3. The second-order valence-electron chi connectivity index (χ2n) is 4.10. The van der Waals surface area contributed by atoms with Gasteiger partial charge in [-0.1, -0.05) is 13.0 Å². The smallest absolute Gasteiger partial charge is 0.292 e. The molecule has 1 unspecified atom stereocenters. The molecule has 0 aliphatic rings. The molecule has 1 rings (SSSR count). The molecule has 0 fully saturated rings. The normalized spacial score (nSPS) is 11.9. The van der Waals surface area contributed by atoms with Crippen LogP contribution in [0.4, 0.5) is 11.4 Å². The molecule has 104 valence electrons. The number of carbonyl (C=O) groups excluding carboxylic acids is 1. The van der Waals surface area contributed by atoms with Gasteiger partial charge in [-0.25, -0.2) is 0 Å². The number of anilines is 1. The molecule has 0 heterocycles. The van der Waals surface area contributed by atoms with E-state index in [-0.39, 0.29) is 23.5 Å². The summed E-state index contributed by atoms with van der Waals surface area (Å²) in [5, 5.41) is 22.6. The zero-order valence-corrected chi connectivity index (χ0v) is 10.6. The maximum Gasteiger partial charge on any atom is 0.292 e. The molecule has 1 aromatic carbocycles. The first-order valence-corrected chi connectivity index (χ1v) is 5.96. The molecule has 4 N–H and O–H groups in total. The van der Waals surface area contributed by atoms with Crippen molar-refractivity contribution in [2.24, 2.45) is 0 Å². The molecule has 0 radical (unpaired) electrons. The van der Waals surface area contributed by atoms with E-state index in [0.29, 0.717) is 12.8 Å². The Hall–Kier alpha value is -2.15. The van der Waals surface area contributed by atoms with Crippen LogP contribution in [0.25, 0.3) is 0 Å². The third kappa shape index (κ3) is 3.92. The maximum absolute atomic E-state index is 11.8. The molecule has 7 heteroatoms. The topological polar surface area (TPSA) is 118 Å². The van der Waals surface area contributed by atoms with Crippen molar-refractivity contribution in [3.05, 3.63) is 33.9 Å². The Morgan fingerprint density at radius 2 is 2.26 bits per heavy atom. The van der Waals surface area contributed by atoms with Gasteiger partial charge in [-0.15, -0.1) is 0 Å². The van der Waals surface area contributed by atoms with Gasteiger partial charge in [0.25, 0.3) is 11.6 Å². The summed E-state index contributed by atoms with van der Waals surface area (Å²) in [6.07, 6.45) is 0.564. The standard InChI is InChI=1S/C12H17N3O4/c1-2-8(16)6-7-14-12(17)9-4-3-5-10(11(9)13)15(18)19/h3-5,8,16H,2,6-7,13H2,1H3,(H,14,17). The second kappa shape index (κ2) is 6.69. The number of nitrogens with zero attached hydrogens (tertiary/aromatic N) is 1. The molecule has 0 bridgehead atoms. The van der Waals surface area contributed by atoms with Crippen molar-refractivity contribution in [2.45, 2.75) is 25.9 Å². The van der Waals surface area contributed by atoms with Crippen LogP contribution in [0.5, 0.6) is 0 Å². The van der Waals surface area contributed by atoms with Crippen LogP contribution < -0.4 is 11.1 Å². The number of nitro benzene ring substituents is 1. The molecule has 0 aromatic heterocycles. The van der Waals surface area contributed by atoms with E-state index in [9.17, 15) is 20.0 Å². The fourth-order valence-corrected chi connectivity index (χ4v) is 1.56. The number of para-hydroxylation sites is 1. The van der Waals surface area contributed by atoms with Crippen molar-refractivity contribution in [2.75, 3.05) is 12.3 Å². The Bertz CT molecular complexity index is 476. The molecule has 19 heavy (non-hydrogen) atoms. The van der Waals surface area contributed by atoms with Crippen LogP contribution in [0.15, 0.2) is 18.2 Å². The quantitative estimate of drug-likeness (QED) is 0.404. The van der Waals surface area contributed by atoms with Crippen LogP contribution in [-0.4, -0.2) is 28.6 Å². The third-order valence-electron chi connectivity index (χ3n) is 2.76. The highest BCUT2D eigenvalue weighted by Crippen LogP contribution is 2.24. The number of nitrogen functional groups attached to an aromatic ring is 1. The Labute approximate surface area is 110 Å². The average Bonchev–Trinajstić information content (AvgIpc) is 2.38. The number of hydrogen-bond acceptors (Lipinski definition) is 5. The van der Waals surface area contributed by atoms with Gasteiger partial charge in [-0.3, -0.25) is 14.9 Å². The number of aliphatic hydroxyl groups excluding tert-OH is 1.